The van der Waals surface area contributed by atoms with Gasteiger partial charge in [0.1, 0.15) is 0 Å². The molecule has 0 aromatic carbocycles. The van der Waals surface area contributed by atoms with Crippen molar-refractivity contribution in [3.05, 3.63) is 0 Å². The molecule has 0 aliphatic heterocycles. The molecule has 324 valence electrons. The topological polar surface area (TPSA) is 0 Å². The van der Waals surface area contributed by atoms with Gasteiger partial charge in [0.2, 0.25) is 0 Å². The van der Waals surface area contributed by atoms with Crippen LogP contribution in [0.2, 0.25) is 51.4 Å². The van der Waals surface area contributed by atoms with Crippen molar-refractivity contribution in [2.24, 2.45) is 37.9 Å². The molecule has 0 aromatic rings. The van der Waals surface area contributed by atoms with Gasteiger partial charge in [-0.25, -0.2) is 0 Å². The zero-order chi connectivity index (χ0) is 43.7. The SMILES string of the molecule is CC(C)(C)CC(C)(C)C.CC(C)(C)CC[Si](C)(C)C.CC(C)(C)C[Si](C)(C)C.CCCC(C)(C)C.CCCCC(C)(C)C.CCCCCC(C)(C)C. The van der Waals surface area contributed by atoms with Crippen molar-refractivity contribution < 1.29 is 0 Å². The Balaban J connectivity index is -0.000000122. The van der Waals surface area contributed by atoms with E-state index < -0.39 is 16.1 Å². The van der Waals surface area contributed by atoms with Gasteiger partial charge >= 0.3 is 0 Å². The van der Waals surface area contributed by atoms with Crippen LogP contribution in [-0.2, 0) is 0 Å². The lowest BCUT2D eigenvalue weighted by Gasteiger charge is -2.28. The lowest BCUT2D eigenvalue weighted by molar-refractivity contribution is 0.233. The Bertz CT molecular complexity index is 675. The summed E-state index contributed by atoms with van der Waals surface area (Å²) in [6.45, 7) is 69.7. The Hall–Kier alpha value is 0.434. The highest BCUT2D eigenvalue weighted by molar-refractivity contribution is 6.76. The molecule has 52 heavy (non-hydrogen) atoms. The molecule has 0 aromatic heterocycles. The van der Waals surface area contributed by atoms with E-state index in [9.17, 15) is 0 Å². The molecule has 0 bridgehead atoms. The molecule has 0 fully saturated rings. The summed E-state index contributed by atoms with van der Waals surface area (Å²) in [6.07, 6.45) is 14.9. The van der Waals surface area contributed by atoms with Crippen LogP contribution in [0, 0.1) is 37.9 Å². The lowest BCUT2D eigenvalue weighted by atomic mass is 9.78. The van der Waals surface area contributed by atoms with Crippen LogP contribution in [0.5, 0.6) is 0 Å². The Labute approximate surface area is 340 Å². The molecule has 0 atom stereocenters. The average Bonchev–Trinajstić information content (AvgIpc) is 2.76. The number of hydrogen-bond acceptors (Lipinski definition) is 0. The summed E-state index contributed by atoms with van der Waals surface area (Å²) in [6, 6.07) is 2.90. The van der Waals surface area contributed by atoms with Gasteiger partial charge in [0.05, 0.1) is 0 Å². The van der Waals surface area contributed by atoms with Crippen LogP contribution >= 0.6 is 0 Å². The van der Waals surface area contributed by atoms with Crippen molar-refractivity contribution in [1.29, 1.82) is 0 Å². The maximum absolute atomic E-state index is 2.44. The quantitative estimate of drug-likeness (QED) is 0.162. The Morgan fingerprint density at radius 1 is 0.288 bits per heavy atom. The lowest BCUT2D eigenvalue weighted by Crippen LogP contribution is -2.26. The molecule has 0 N–H and O–H groups in total. The van der Waals surface area contributed by atoms with Crippen LogP contribution in [0.15, 0.2) is 0 Å². The fraction of sp³-hybridized carbons (Fsp3) is 1.00. The summed E-state index contributed by atoms with van der Waals surface area (Å²) in [5.74, 6) is 0. The molecule has 0 saturated carbocycles. The minimum absolute atomic E-state index is 0.484. The molecular weight excluding hydrogens is 657 g/mol. The highest BCUT2D eigenvalue weighted by atomic mass is 28.3. The van der Waals surface area contributed by atoms with E-state index in [1.807, 2.05) is 0 Å². The number of hydrogen-bond donors (Lipinski definition) is 0. The zero-order valence-corrected chi connectivity index (χ0v) is 45.7. The monoisotopic (exact) mass is 773 g/mol. The standard InChI is InChI=1S/C9H22Si.2C9H20.C8H20Si.C8H18.C7H16/c1-9(2,3)7-8-10(4,5)6;1-8(2,3)7-9(4,5)6;1-5-6-7-8-9(2,3)4;1-8(2,3)7-9(4,5)6;1-5-6-7-8(2,3)4;1-5-6-7(2,3)4/h7-8H2,1-6H3;7H2,1-6H3;5-8H2,1-4H3;7H2,1-6H3;5-7H2,1-4H3;5-6H2,1-4H3. The van der Waals surface area contributed by atoms with Crippen LogP contribution in [0.3, 0.4) is 0 Å². The summed E-state index contributed by atoms with van der Waals surface area (Å²) in [5, 5.41) is 0. The van der Waals surface area contributed by atoms with Crippen LogP contribution in [0.1, 0.15) is 237 Å². The first-order valence-corrected chi connectivity index (χ1v) is 29.7. The first-order chi connectivity index (χ1) is 22.3. The van der Waals surface area contributed by atoms with E-state index in [4.69, 9.17) is 0 Å². The predicted octanol–water partition coefficient (Wildman–Crippen LogP) is 20.3. The zero-order valence-electron chi connectivity index (χ0n) is 43.7. The second-order valence-electron chi connectivity index (χ2n) is 27.2. The Morgan fingerprint density at radius 2 is 0.596 bits per heavy atom. The molecule has 2 heteroatoms. The van der Waals surface area contributed by atoms with Crippen LogP contribution in [0.25, 0.3) is 0 Å². The summed E-state index contributed by atoms with van der Waals surface area (Å²) >= 11 is 0. The van der Waals surface area contributed by atoms with Gasteiger partial charge < -0.3 is 0 Å². The molecule has 0 aliphatic carbocycles. The molecule has 0 aliphatic rings. The fourth-order valence-corrected chi connectivity index (χ4v) is 11.0. The summed E-state index contributed by atoms with van der Waals surface area (Å²) < 4.78 is 0. The highest BCUT2D eigenvalue weighted by Gasteiger charge is 2.22. The molecule has 0 unspecified atom stereocenters. The minimum Gasteiger partial charge on any atom is -0.0695 e. The Kier molecular flexibility index (Phi) is 35.6. The molecular formula is C50H116Si2. The largest absolute Gasteiger partial charge is 0.0695 e. The molecule has 0 nitrogen and oxygen atoms in total. The third-order valence-electron chi connectivity index (χ3n) is 7.56. The summed E-state index contributed by atoms with van der Waals surface area (Å²) in [7, 11) is -1.56. The maximum Gasteiger partial charge on any atom is 0.0447 e. The average molecular weight is 774 g/mol. The van der Waals surface area contributed by atoms with E-state index in [1.165, 1.54) is 82.7 Å². The molecule has 0 amide bonds. The van der Waals surface area contributed by atoms with Gasteiger partial charge in [-0.3, -0.25) is 0 Å². The highest BCUT2D eigenvalue weighted by Crippen LogP contribution is 2.32. The third kappa shape index (κ3) is 104. The van der Waals surface area contributed by atoms with Gasteiger partial charge in [0.15, 0.2) is 0 Å². The Morgan fingerprint density at radius 3 is 0.692 bits per heavy atom. The molecule has 0 radical (unpaired) electrons. The number of unbranched alkanes of at least 4 members (excludes halogenated alkanes) is 3. The van der Waals surface area contributed by atoms with Crippen molar-refractivity contribution in [2.75, 3.05) is 0 Å². The maximum atomic E-state index is 2.44. The normalized spacial score (nSPS) is 13.0. The van der Waals surface area contributed by atoms with Gasteiger partial charge in [-0.2, -0.15) is 0 Å². The van der Waals surface area contributed by atoms with E-state index in [-0.39, 0.29) is 0 Å². The smallest absolute Gasteiger partial charge is 0.0447 e. The first-order valence-electron chi connectivity index (χ1n) is 22.3. The fourth-order valence-electron chi connectivity index (χ4n) is 6.29. The summed E-state index contributed by atoms with van der Waals surface area (Å²) in [5.41, 5.74) is 3.71. The van der Waals surface area contributed by atoms with Gasteiger partial charge in [-0.1, -0.05) is 262 Å². The van der Waals surface area contributed by atoms with Crippen molar-refractivity contribution in [3.63, 3.8) is 0 Å². The molecule has 0 saturated heterocycles. The van der Waals surface area contributed by atoms with E-state index >= 15 is 0 Å². The van der Waals surface area contributed by atoms with E-state index in [2.05, 4.69) is 205 Å². The van der Waals surface area contributed by atoms with Crippen LogP contribution < -0.4 is 0 Å². The van der Waals surface area contributed by atoms with Crippen LogP contribution in [-0.4, -0.2) is 16.1 Å². The van der Waals surface area contributed by atoms with Gasteiger partial charge in [0.25, 0.3) is 0 Å². The summed E-state index contributed by atoms with van der Waals surface area (Å²) in [4.78, 5) is 0. The minimum atomic E-state index is -0.793. The second kappa shape index (κ2) is 28.8. The van der Waals surface area contributed by atoms with E-state index in [0.29, 0.717) is 37.9 Å². The van der Waals surface area contributed by atoms with Crippen molar-refractivity contribution in [1.82, 2.24) is 0 Å². The van der Waals surface area contributed by atoms with Crippen LogP contribution in [0.4, 0.5) is 0 Å². The van der Waals surface area contributed by atoms with Crippen molar-refractivity contribution >= 4 is 16.1 Å². The van der Waals surface area contributed by atoms with Gasteiger partial charge in [-0.05, 0) is 63.6 Å². The van der Waals surface area contributed by atoms with Crippen molar-refractivity contribution in [3.8, 4) is 0 Å². The molecule has 0 rings (SSSR count). The molecule has 0 heterocycles. The first kappa shape index (κ1) is 64.3. The van der Waals surface area contributed by atoms with E-state index in [0.717, 1.165) is 0 Å². The molecule has 0 spiro atoms. The van der Waals surface area contributed by atoms with Gasteiger partial charge in [0, 0.05) is 16.1 Å². The van der Waals surface area contributed by atoms with E-state index in [1.54, 1.807) is 0 Å². The van der Waals surface area contributed by atoms with Crippen molar-refractivity contribution in [2.45, 2.75) is 288 Å². The predicted molar refractivity (Wildman–Crippen MR) is 260 cm³/mol. The number of rotatable bonds is 9. The third-order valence-corrected chi connectivity index (χ3v) is 11.4. The van der Waals surface area contributed by atoms with Gasteiger partial charge in [-0.15, -0.1) is 0 Å². The second-order valence-corrected chi connectivity index (χ2v) is 38.3.